The molecule has 0 aliphatic rings. The van der Waals surface area contributed by atoms with Gasteiger partial charge in [0.15, 0.2) is 0 Å². The maximum Gasteiger partial charge on any atom is 0.0346 e. The van der Waals surface area contributed by atoms with Gasteiger partial charge in [-0.1, -0.05) is 18.2 Å². The van der Waals surface area contributed by atoms with Crippen LogP contribution in [0.2, 0.25) is 0 Å². The van der Waals surface area contributed by atoms with Crippen LogP contribution in [0, 0.1) is 0 Å². The standard InChI is InChI=1S/C12H14N2/c1-13-6-4-10-2-3-12-9-14-7-5-11(12)8-10/h2-3,5,7-9,13H,4,6H2,1H3. The summed E-state index contributed by atoms with van der Waals surface area (Å²) in [5.74, 6) is 0. The van der Waals surface area contributed by atoms with E-state index in [1.54, 1.807) is 0 Å². The molecule has 0 amide bonds. The molecule has 14 heavy (non-hydrogen) atoms. The van der Waals surface area contributed by atoms with Crippen molar-refractivity contribution in [3.63, 3.8) is 0 Å². The molecule has 1 heterocycles. The lowest BCUT2D eigenvalue weighted by Crippen LogP contribution is -2.10. The van der Waals surface area contributed by atoms with Gasteiger partial charge in [0, 0.05) is 17.8 Å². The van der Waals surface area contributed by atoms with Gasteiger partial charge >= 0.3 is 0 Å². The highest BCUT2D eigenvalue weighted by Crippen LogP contribution is 2.14. The van der Waals surface area contributed by atoms with Gasteiger partial charge in [0.25, 0.3) is 0 Å². The molecule has 2 nitrogen and oxygen atoms in total. The van der Waals surface area contributed by atoms with Crippen molar-refractivity contribution in [2.45, 2.75) is 6.42 Å². The number of hydrogen-bond acceptors (Lipinski definition) is 2. The van der Waals surface area contributed by atoms with Gasteiger partial charge in [-0.2, -0.15) is 0 Å². The third-order valence-electron chi connectivity index (χ3n) is 2.37. The molecule has 0 saturated carbocycles. The van der Waals surface area contributed by atoms with Crippen LogP contribution in [-0.2, 0) is 6.42 Å². The van der Waals surface area contributed by atoms with Crippen LogP contribution in [0.25, 0.3) is 10.8 Å². The third kappa shape index (κ3) is 1.91. The summed E-state index contributed by atoms with van der Waals surface area (Å²) in [4.78, 5) is 4.09. The van der Waals surface area contributed by atoms with Crippen LogP contribution in [0.5, 0.6) is 0 Å². The Morgan fingerprint density at radius 2 is 2.14 bits per heavy atom. The number of nitrogens with one attached hydrogen (secondary N) is 1. The maximum absolute atomic E-state index is 4.09. The highest BCUT2D eigenvalue weighted by molar-refractivity contribution is 5.81. The molecule has 72 valence electrons. The first-order valence-electron chi connectivity index (χ1n) is 4.87. The van der Waals surface area contributed by atoms with Crippen LogP contribution in [0.4, 0.5) is 0 Å². The molecule has 0 aliphatic heterocycles. The van der Waals surface area contributed by atoms with Gasteiger partial charge in [0.05, 0.1) is 0 Å². The van der Waals surface area contributed by atoms with Crippen molar-refractivity contribution in [1.29, 1.82) is 0 Å². The number of hydrogen-bond donors (Lipinski definition) is 1. The van der Waals surface area contributed by atoms with Crippen LogP contribution in [0.1, 0.15) is 5.56 Å². The average molecular weight is 186 g/mol. The second kappa shape index (κ2) is 4.20. The number of likely N-dealkylation sites (N-methyl/N-ethyl adjacent to an activating group) is 1. The molecule has 1 N–H and O–H groups in total. The topological polar surface area (TPSA) is 24.9 Å². The molecule has 0 spiro atoms. The molecule has 0 unspecified atom stereocenters. The lowest BCUT2D eigenvalue weighted by Gasteiger charge is -2.02. The minimum absolute atomic E-state index is 1.02. The highest BCUT2D eigenvalue weighted by Gasteiger charge is 1.95. The Hall–Kier alpha value is -1.41. The average Bonchev–Trinajstić information content (AvgIpc) is 2.26. The summed E-state index contributed by atoms with van der Waals surface area (Å²) in [7, 11) is 1.98. The van der Waals surface area contributed by atoms with Crippen molar-refractivity contribution in [2.75, 3.05) is 13.6 Å². The fraction of sp³-hybridized carbons (Fsp3) is 0.250. The molecule has 0 atom stereocenters. The molecule has 0 radical (unpaired) electrons. The quantitative estimate of drug-likeness (QED) is 0.793. The van der Waals surface area contributed by atoms with E-state index in [9.17, 15) is 0 Å². The monoisotopic (exact) mass is 186 g/mol. The smallest absolute Gasteiger partial charge is 0.0346 e. The predicted molar refractivity (Wildman–Crippen MR) is 59.4 cm³/mol. The van der Waals surface area contributed by atoms with E-state index < -0.39 is 0 Å². The first-order valence-corrected chi connectivity index (χ1v) is 4.87. The zero-order valence-electron chi connectivity index (χ0n) is 8.33. The summed E-state index contributed by atoms with van der Waals surface area (Å²) < 4.78 is 0. The van der Waals surface area contributed by atoms with E-state index in [2.05, 4.69) is 34.6 Å². The molecule has 0 fully saturated rings. The Morgan fingerprint density at radius 3 is 3.00 bits per heavy atom. The normalized spacial score (nSPS) is 10.6. The Balaban J connectivity index is 2.32. The number of aromatic nitrogens is 1. The largest absolute Gasteiger partial charge is 0.319 e. The van der Waals surface area contributed by atoms with Gasteiger partial charge in [0.1, 0.15) is 0 Å². The van der Waals surface area contributed by atoms with E-state index in [4.69, 9.17) is 0 Å². The number of benzene rings is 1. The fourth-order valence-electron chi connectivity index (χ4n) is 1.56. The molecule has 1 aromatic heterocycles. The molecule has 2 aromatic rings. The first-order chi connectivity index (χ1) is 6.90. The van der Waals surface area contributed by atoms with E-state index in [1.807, 2.05) is 19.4 Å². The molecule has 2 heteroatoms. The van der Waals surface area contributed by atoms with Crippen LogP contribution >= 0.6 is 0 Å². The Bertz CT molecular complexity index is 423. The molecule has 0 aliphatic carbocycles. The number of pyridine rings is 1. The molecule has 0 bridgehead atoms. The summed E-state index contributed by atoms with van der Waals surface area (Å²) in [5, 5.41) is 5.63. The SMILES string of the molecule is CNCCc1ccc2cnccc2c1. The minimum atomic E-state index is 1.02. The summed E-state index contributed by atoms with van der Waals surface area (Å²) in [5.41, 5.74) is 1.37. The van der Waals surface area contributed by atoms with E-state index in [-0.39, 0.29) is 0 Å². The zero-order valence-corrected chi connectivity index (χ0v) is 8.33. The molecule has 0 saturated heterocycles. The van der Waals surface area contributed by atoms with Gasteiger partial charge in [-0.25, -0.2) is 0 Å². The molecular formula is C12H14N2. The van der Waals surface area contributed by atoms with Crippen molar-refractivity contribution < 1.29 is 0 Å². The number of fused-ring (bicyclic) bond motifs is 1. The second-order valence-corrected chi connectivity index (χ2v) is 3.41. The van der Waals surface area contributed by atoms with Crippen LogP contribution in [-0.4, -0.2) is 18.6 Å². The maximum atomic E-state index is 4.09. The van der Waals surface area contributed by atoms with Gasteiger partial charge in [-0.3, -0.25) is 4.98 Å². The molecule has 2 rings (SSSR count). The van der Waals surface area contributed by atoms with Crippen LogP contribution < -0.4 is 5.32 Å². The van der Waals surface area contributed by atoms with Crippen LogP contribution in [0.15, 0.2) is 36.7 Å². The summed E-state index contributed by atoms with van der Waals surface area (Å²) in [6.45, 7) is 1.02. The van der Waals surface area contributed by atoms with Gasteiger partial charge < -0.3 is 5.32 Å². The summed E-state index contributed by atoms with van der Waals surface area (Å²) >= 11 is 0. The zero-order chi connectivity index (χ0) is 9.80. The Labute approximate surface area is 84.0 Å². The fourth-order valence-corrected chi connectivity index (χ4v) is 1.56. The number of rotatable bonds is 3. The molecule has 1 aromatic carbocycles. The van der Waals surface area contributed by atoms with Gasteiger partial charge in [-0.05, 0) is 37.0 Å². The van der Waals surface area contributed by atoms with Gasteiger partial charge in [0.2, 0.25) is 0 Å². The third-order valence-corrected chi connectivity index (χ3v) is 2.37. The number of nitrogens with zero attached hydrogens (tertiary/aromatic N) is 1. The lowest BCUT2D eigenvalue weighted by atomic mass is 10.1. The minimum Gasteiger partial charge on any atom is -0.319 e. The van der Waals surface area contributed by atoms with Crippen molar-refractivity contribution in [2.24, 2.45) is 0 Å². The predicted octanol–water partition coefficient (Wildman–Crippen LogP) is 2.00. The lowest BCUT2D eigenvalue weighted by molar-refractivity contribution is 0.792. The summed E-state index contributed by atoms with van der Waals surface area (Å²) in [6, 6.07) is 8.58. The summed E-state index contributed by atoms with van der Waals surface area (Å²) in [6.07, 6.45) is 4.82. The Morgan fingerprint density at radius 1 is 1.21 bits per heavy atom. The van der Waals surface area contributed by atoms with E-state index in [0.29, 0.717) is 0 Å². The van der Waals surface area contributed by atoms with Crippen molar-refractivity contribution in [3.05, 3.63) is 42.2 Å². The molecular weight excluding hydrogens is 172 g/mol. The van der Waals surface area contributed by atoms with E-state index in [1.165, 1.54) is 16.3 Å². The van der Waals surface area contributed by atoms with E-state index >= 15 is 0 Å². The van der Waals surface area contributed by atoms with Crippen molar-refractivity contribution >= 4 is 10.8 Å². The van der Waals surface area contributed by atoms with Crippen LogP contribution in [0.3, 0.4) is 0 Å². The van der Waals surface area contributed by atoms with Crippen molar-refractivity contribution in [1.82, 2.24) is 10.3 Å². The van der Waals surface area contributed by atoms with E-state index in [0.717, 1.165) is 13.0 Å². The first kappa shape index (κ1) is 9.16. The highest BCUT2D eigenvalue weighted by atomic mass is 14.8. The second-order valence-electron chi connectivity index (χ2n) is 3.41. The van der Waals surface area contributed by atoms with Crippen molar-refractivity contribution in [3.8, 4) is 0 Å². The van der Waals surface area contributed by atoms with Gasteiger partial charge in [-0.15, -0.1) is 0 Å². The Kier molecular flexibility index (Phi) is 2.75.